The van der Waals surface area contributed by atoms with Crippen molar-refractivity contribution in [2.75, 3.05) is 27.2 Å². The lowest BCUT2D eigenvalue weighted by Crippen LogP contribution is -2.54. The Morgan fingerprint density at radius 2 is 2.05 bits per heavy atom. The van der Waals surface area contributed by atoms with E-state index in [2.05, 4.69) is 10.2 Å². The summed E-state index contributed by atoms with van der Waals surface area (Å²) in [5, 5.41) is 11.7. The Labute approximate surface area is 114 Å². The molecule has 1 saturated heterocycles. The molecule has 6 heteroatoms. The molecule has 0 bridgehead atoms. The van der Waals surface area contributed by atoms with Gasteiger partial charge < -0.3 is 20.2 Å². The van der Waals surface area contributed by atoms with Crippen molar-refractivity contribution in [1.29, 1.82) is 0 Å². The molecule has 0 saturated carbocycles. The summed E-state index contributed by atoms with van der Waals surface area (Å²) in [6.45, 7) is 5.46. The van der Waals surface area contributed by atoms with E-state index >= 15 is 0 Å². The van der Waals surface area contributed by atoms with Crippen LogP contribution in [0.4, 0.5) is 4.79 Å². The predicted octanol–water partition coefficient (Wildman–Crippen LogP) is 0.831. The van der Waals surface area contributed by atoms with Crippen LogP contribution in [0.3, 0.4) is 0 Å². The Hall–Kier alpha value is -1.30. The third kappa shape index (κ3) is 4.38. The fraction of sp³-hybridized carbons (Fsp3) is 0.846. The molecule has 0 radical (unpaired) electrons. The van der Waals surface area contributed by atoms with Gasteiger partial charge in [-0.15, -0.1) is 0 Å². The molecular weight excluding hydrogens is 246 g/mol. The number of hydrogen-bond acceptors (Lipinski definition) is 3. The average Bonchev–Trinajstić information content (AvgIpc) is 2.33. The van der Waals surface area contributed by atoms with Crippen LogP contribution in [0.5, 0.6) is 0 Å². The van der Waals surface area contributed by atoms with Crippen molar-refractivity contribution < 1.29 is 14.7 Å². The fourth-order valence-corrected chi connectivity index (χ4v) is 2.37. The number of nitrogens with zero attached hydrogens (tertiary/aromatic N) is 2. The first kappa shape index (κ1) is 15.8. The number of nitrogens with one attached hydrogen (secondary N) is 1. The molecule has 1 aliphatic heterocycles. The number of amides is 2. The van der Waals surface area contributed by atoms with Crippen LogP contribution in [-0.2, 0) is 4.79 Å². The number of hydrogen-bond donors (Lipinski definition) is 2. The summed E-state index contributed by atoms with van der Waals surface area (Å²) in [6, 6.07) is -0.988. The van der Waals surface area contributed by atoms with Crippen LogP contribution < -0.4 is 5.32 Å². The predicted molar refractivity (Wildman–Crippen MR) is 73.1 cm³/mol. The Bertz CT molecular complexity index is 333. The molecule has 1 fully saturated rings. The van der Waals surface area contributed by atoms with Crippen molar-refractivity contribution in [3.8, 4) is 0 Å². The quantitative estimate of drug-likeness (QED) is 0.794. The Balaban J connectivity index is 2.58. The van der Waals surface area contributed by atoms with Crippen LogP contribution >= 0.6 is 0 Å². The summed E-state index contributed by atoms with van der Waals surface area (Å²) in [4.78, 5) is 27.0. The smallest absolute Gasteiger partial charge is 0.326 e. The van der Waals surface area contributed by atoms with Crippen LogP contribution in [0.15, 0.2) is 0 Å². The first-order valence-electron chi connectivity index (χ1n) is 6.77. The van der Waals surface area contributed by atoms with Crippen molar-refractivity contribution >= 4 is 12.0 Å². The molecule has 0 aromatic rings. The van der Waals surface area contributed by atoms with Gasteiger partial charge in [0.25, 0.3) is 0 Å². The number of carbonyl (C=O) groups excluding carboxylic acids is 1. The SMILES string of the molecule is CC(C)C(NC(=O)N(C)C1CCCN(C)C1)C(=O)O. The molecule has 2 amide bonds. The second-order valence-electron chi connectivity index (χ2n) is 5.68. The lowest BCUT2D eigenvalue weighted by molar-refractivity contribution is -0.140. The first-order valence-corrected chi connectivity index (χ1v) is 6.77. The number of likely N-dealkylation sites (tertiary alicyclic amines) is 1. The normalized spacial score (nSPS) is 22.1. The van der Waals surface area contributed by atoms with Crippen molar-refractivity contribution in [2.45, 2.75) is 38.8 Å². The molecule has 2 atom stereocenters. The highest BCUT2D eigenvalue weighted by molar-refractivity contribution is 5.82. The van der Waals surface area contributed by atoms with Gasteiger partial charge in [-0.05, 0) is 32.4 Å². The third-order valence-corrected chi connectivity index (χ3v) is 3.68. The third-order valence-electron chi connectivity index (χ3n) is 3.68. The minimum Gasteiger partial charge on any atom is -0.480 e. The number of piperidine rings is 1. The van der Waals surface area contributed by atoms with Crippen LogP contribution in [0, 0.1) is 5.92 Å². The zero-order chi connectivity index (χ0) is 14.6. The zero-order valence-electron chi connectivity index (χ0n) is 12.2. The van der Waals surface area contributed by atoms with Gasteiger partial charge in [0.2, 0.25) is 0 Å². The first-order chi connectivity index (χ1) is 8.82. The standard InChI is InChI=1S/C13H25N3O3/c1-9(2)11(12(17)18)14-13(19)16(4)10-6-5-7-15(3)8-10/h9-11H,5-8H2,1-4H3,(H,14,19)(H,17,18). The van der Waals surface area contributed by atoms with Gasteiger partial charge in [0.05, 0.1) is 0 Å². The topological polar surface area (TPSA) is 72.9 Å². The van der Waals surface area contributed by atoms with Crippen LogP contribution in [-0.4, -0.2) is 66.2 Å². The second kappa shape index (κ2) is 6.75. The molecule has 2 N–H and O–H groups in total. The van der Waals surface area contributed by atoms with E-state index in [1.165, 1.54) is 0 Å². The zero-order valence-corrected chi connectivity index (χ0v) is 12.2. The maximum absolute atomic E-state index is 12.1. The number of aliphatic carboxylic acids is 1. The van der Waals surface area contributed by atoms with Gasteiger partial charge >= 0.3 is 12.0 Å². The van der Waals surface area contributed by atoms with E-state index in [1.807, 2.05) is 7.05 Å². The van der Waals surface area contributed by atoms with Crippen molar-refractivity contribution in [3.05, 3.63) is 0 Å². The lowest BCUT2D eigenvalue weighted by Gasteiger charge is -2.36. The molecule has 1 rings (SSSR count). The van der Waals surface area contributed by atoms with Crippen LogP contribution in [0.25, 0.3) is 0 Å². The van der Waals surface area contributed by atoms with E-state index in [-0.39, 0.29) is 18.0 Å². The van der Waals surface area contributed by atoms with E-state index < -0.39 is 12.0 Å². The van der Waals surface area contributed by atoms with Gasteiger partial charge in [0, 0.05) is 19.6 Å². The van der Waals surface area contributed by atoms with Gasteiger partial charge in [0.1, 0.15) is 6.04 Å². The average molecular weight is 271 g/mol. The number of carboxylic acids is 1. The van der Waals surface area contributed by atoms with Crippen LogP contribution in [0.2, 0.25) is 0 Å². The number of carboxylic acid groups (broad SMARTS) is 1. The molecule has 2 unspecified atom stereocenters. The van der Waals surface area contributed by atoms with Gasteiger partial charge in [-0.1, -0.05) is 13.8 Å². The highest BCUT2D eigenvalue weighted by Gasteiger charge is 2.29. The molecule has 0 aromatic heterocycles. The molecule has 110 valence electrons. The summed E-state index contributed by atoms with van der Waals surface area (Å²) in [7, 11) is 3.77. The monoisotopic (exact) mass is 271 g/mol. The lowest BCUT2D eigenvalue weighted by atomic mass is 10.0. The van der Waals surface area contributed by atoms with Crippen LogP contribution in [0.1, 0.15) is 26.7 Å². The molecule has 0 aromatic carbocycles. The number of carbonyl (C=O) groups is 2. The van der Waals surface area contributed by atoms with E-state index in [4.69, 9.17) is 5.11 Å². The highest BCUT2D eigenvalue weighted by atomic mass is 16.4. The molecule has 19 heavy (non-hydrogen) atoms. The number of urea groups is 1. The maximum Gasteiger partial charge on any atom is 0.326 e. The van der Waals surface area contributed by atoms with E-state index in [0.29, 0.717) is 0 Å². The molecule has 1 heterocycles. The molecular formula is C13H25N3O3. The van der Waals surface area contributed by atoms with Gasteiger partial charge in [-0.25, -0.2) is 9.59 Å². The number of rotatable bonds is 4. The Morgan fingerprint density at radius 1 is 1.42 bits per heavy atom. The summed E-state index contributed by atoms with van der Waals surface area (Å²) >= 11 is 0. The van der Waals surface area contributed by atoms with E-state index in [9.17, 15) is 9.59 Å². The van der Waals surface area contributed by atoms with Gasteiger partial charge in [-0.2, -0.15) is 0 Å². The fourth-order valence-electron chi connectivity index (χ4n) is 2.37. The van der Waals surface area contributed by atoms with E-state index in [1.54, 1.807) is 25.8 Å². The minimum absolute atomic E-state index is 0.135. The summed E-state index contributed by atoms with van der Waals surface area (Å²) in [5.74, 6) is -1.12. The van der Waals surface area contributed by atoms with E-state index in [0.717, 1.165) is 25.9 Å². The van der Waals surface area contributed by atoms with Gasteiger partial charge in [0.15, 0.2) is 0 Å². The second-order valence-corrected chi connectivity index (χ2v) is 5.68. The highest BCUT2D eigenvalue weighted by Crippen LogP contribution is 2.14. The molecule has 6 nitrogen and oxygen atoms in total. The Morgan fingerprint density at radius 3 is 2.53 bits per heavy atom. The van der Waals surface area contributed by atoms with Crippen molar-refractivity contribution in [2.24, 2.45) is 5.92 Å². The maximum atomic E-state index is 12.1. The summed E-state index contributed by atoms with van der Waals surface area (Å²) in [5.41, 5.74) is 0. The number of likely N-dealkylation sites (N-methyl/N-ethyl adjacent to an activating group) is 2. The summed E-state index contributed by atoms with van der Waals surface area (Å²) < 4.78 is 0. The molecule has 0 aliphatic carbocycles. The van der Waals surface area contributed by atoms with Gasteiger partial charge in [-0.3, -0.25) is 0 Å². The largest absolute Gasteiger partial charge is 0.480 e. The Kier molecular flexibility index (Phi) is 5.60. The molecule has 0 spiro atoms. The summed E-state index contributed by atoms with van der Waals surface area (Å²) in [6.07, 6.45) is 2.03. The van der Waals surface area contributed by atoms with Crippen molar-refractivity contribution in [1.82, 2.24) is 15.1 Å². The molecule has 1 aliphatic rings. The van der Waals surface area contributed by atoms with Crippen molar-refractivity contribution in [3.63, 3.8) is 0 Å². The minimum atomic E-state index is -0.988.